The predicted octanol–water partition coefficient (Wildman–Crippen LogP) is 1.65. The maximum absolute atomic E-state index is 12.6. The fourth-order valence-electron chi connectivity index (χ4n) is 1.90. The number of nitrogens with zero attached hydrogens (tertiary/aromatic N) is 3. The highest BCUT2D eigenvalue weighted by molar-refractivity contribution is 7.92. The Labute approximate surface area is 118 Å². The summed E-state index contributed by atoms with van der Waals surface area (Å²) in [6.45, 7) is 3.72. The molecule has 0 radical (unpaired) electrons. The lowest BCUT2D eigenvalue weighted by atomic mass is 10.3. The minimum Gasteiger partial charge on any atom is -0.508 e. The molecule has 0 unspecified atom stereocenters. The minimum atomic E-state index is -3.73. The average molecular weight is 295 g/mol. The predicted molar refractivity (Wildman–Crippen MR) is 76.3 cm³/mol. The van der Waals surface area contributed by atoms with Crippen LogP contribution >= 0.6 is 0 Å². The van der Waals surface area contributed by atoms with E-state index in [0.717, 1.165) is 0 Å². The van der Waals surface area contributed by atoms with E-state index in [2.05, 4.69) is 4.98 Å². The number of rotatable bonds is 4. The second kappa shape index (κ2) is 5.16. The Morgan fingerprint density at radius 2 is 2.10 bits per heavy atom. The van der Waals surface area contributed by atoms with Gasteiger partial charge in [0.1, 0.15) is 11.6 Å². The molecule has 0 fully saturated rings. The quantitative estimate of drug-likeness (QED) is 0.930. The SMILES string of the molecule is CCN(c1cccc(O)c1)S(=O)(=O)c1cn(C)c(C)n1. The van der Waals surface area contributed by atoms with Gasteiger partial charge in [0.25, 0.3) is 10.0 Å². The van der Waals surface area contributed by atoms with Crippen LogP contribution in [0.4, 0.5) is 5.69 Å². The van der Waals surface area contributed by atoms with Gasteiger partial charge in [-0.2, -0.15) is 8.42 Å². The van der Waals surface area contributed by atoms with E-state index in [4.69, 9.17) is 0 Å². The molecule has 108 valence electrons. The summed E-state index contributed by atoms with van der Waals surface area (Å²) in [5.41, 5.74) is 0.413. The molecule has 6 nitrogen and oxygen atoms in total. The molecule has 2 rings (SSSR count). The van der Waals surface area contributed by atoms with Crippen LogP contribution in [0.1, 0.15) is 12.7 Å². The molecule has 20 heavy (non-hydrogen) atoms. The number of aromatic hydroxyl groups is 1. The van der Waals surface area contributed by atoms with Crippen molar-refractivity contribution in [3.05, 3.63) is 36.3 Å². The van der Waals surface area contributed by atoms with E-state index in [1.54, 1.807) is 37.6 Å². The molecule has 0 bridgehead atoms. The van der Waals surface area contributed by atoms with Crippen LogP contribution in [-0.2, 0) is 17.1 Å². The molecule has 0 saturated heterocycles. The van der Waals surface area contributed by atoms with E-state index in [9.17, 15) is 13.5 Å². The number of phenols is 1. The topological polar surface area (TPSA) is 75.4 Å². The first-order valence-electron chi connectivity index (χ1n) is 6.18. The van der Waals surface area contributed by atoms with Gasteiger partial charge < -0.3 is 9.67 Å². The number of aromatic nitrogens is 2. The van der Waals surface area contributed by atoms with Crippen molar-refractivity contribution in [3.8, 4) is 5.75 Å². The Kier molecular flexibility index (Phi) is 3.71. The Hall–Kier alpha value is -2.02. The number of hydrogen-bond donors (Lipinski definition) is 1. The van der Waals surface area contributed by atoms with Gasteiger partial charge in [0.05, 0.1) is 5.69 Å². The molecule has 0 amide bonds. The molecule has 0 saturated carbocycles. The van der Waals surface area contributed by atoms with Gasteiger partial charge in [0.2, 0.25) is 0 Å². The molecule has 1 heterocycles. The highest BCUT2D eigenvalue weighted by atomic mass is 32.2. The number of aryl methyl sites for hydroxylation is 2. The van der Waals surface area contributed by atoms with Crippen LogP contribution in [0.25, 0.3) is 0 Å². The van der Waals surface area contributed by atoms with Crippen molar-refractivity contribution >= 4 is 15.7 Å². The zero-order valence-corrected chi connectivity index (χ0v) is 12.4. The first-order chi connectivity index (χ1) is 9.36. The fourth-order valence-corrected chi connectivity index (χ4v) is 3.40. The second-order valence-electron chi connectivity index (χ2n) is 4.43. The Morgan fingerprint density at radius 1 is 1.40 bits per heavy atom. The van der Waals surface area contributed by atoms with Crippen LogP contribution in [0.15, 0.2) is 35.5 Å². The molecule has 0 atom stereocenters. The van der Waals surface area contributed by atoms with E-state index in [-0.39, 0.29) is 17.3 Å². The molecule has 2 aromatic rings. The normalized spacial score (nSPS) is 11.6. The van der Waals surface area contributed by atoms with Crippen LogP contribution in [0, 0.1) is 6.92 Å². The van der Waals surface area contributed by atoms with Gasteiger partial charge in [-0.15, -0.1) is 0 Å². The third-order valence-electron chi connectivity index (χ3n) is 3.05. The third kappa shape index (κ3) is 2.49. The fraction of sp³-hybridized carbons (Fsp3) is 0.308. The zero-order valence-electron chi connectivity index (χ0n) is 11.6. The van der Waals surface area contributed by atoms with Crippen LogP contribution < -0.4 is 4.31 Å². The standard InChI is InChI=1S/C13H17N3O3S/c1-4-16(11-6-5-7-12(17)8-11)20(18,19)13-9-15(3)10(2)14-13/h5-9,17H,4H2,1-3H3. The largest absolute Gasteiger partial charge is 0.508 e. The molecule has 0 aliphatic rings. The zero-order chi connectivity index (χ0) is 14.9. The van der Waals surface area contributed by atoms with Gasteiger partial charge in [-0.1, -0.05) is 6.07 Å². The molecule has 1 aromatic heterocycles. The second-order valence-corrected chi connectivity index (χ2v) is 6.24. The maximum Gasteiger partial charge on any atom is 0.283 e. The smallest absolute Gasteiger partial charge is 0.283 e. The van der Waals surface area contributed by atoms with Crippen molar-refractivity contribution in [1.29, 1.82) is 0 Å². The van der Waals surface area contributed by atoms with E-state index in [0.29, 0.717) is 11.5 Å². The van der Waals surface area contributed by atoms with Gasteiger partial charge >= 0.3 is 0 Å². The van der Waals surface area contributed by atoms with E-state index >= 15 is 0 Å². The summed E-state index contributed by atoms with van der Waals surface area (Å²) in [6, 6.07) is 6.15. The summed E-state index contributed by atoms with van der Waals surface area (Å²) in [7, 11) is -1.99. The summed E-state index contributed by atoms with van der Waals surface area (Å²) >= 11 is 0. The number of hydrogen-bond acceptors (Lipinski definition) is 4. The highest BCUT2D eigenvalue weighted by Gasteiger charge is 2.26. The molecule has 0 aliphatic heterocycles. The first kappa shape index (κ1) is 14.4. The maximum atomic E-state index is 12.6. The lowest BCUT2D eigenvalue weighted by molar-refractivity contribution is 0.475. The van der Waals surface area contributed by atoms with Gasteiger partial charge in [0, 0.05) is 25.9 Å². The number of benzene rings is 1. The Morgan fingerprint density at radius 3 is 2.60 bits per heavy atom. The van der Waals surface area contributed by atoms with Crippen molar-refractivity contribution in [3.63, 3.8) is 0 Å². The van der Waals surface area contributed by atoms with Crippen LogP contribution in [0.5, 0.6) is 5.75 Å². The van der Waals surface area contributed by atoms with E-state index in [1.807, 2.05) is 0 Å². The molecule has 1 N–H and O–H groups in total. The van der Waals surface area contributed by atoms with Gasteiger partial charge in [0.15, 0.2) is 5.03 Å². The van der Waals surface area contributed by atoms with Crippen molar-refractivity contribution in [2.24, 2.45) is 7.05 Å². The molecule has 1 aromatic carbocycles. The van der Waals surface area contributed by atoms with Crippen LogP contribution in [0.2, 0.25) is 0 Å². The van der Waals surface area contributed by atoms with E-state index < -0.39 is 10.0 Å². The number of anilines is 1. The number of sulfonamides is 1. The van der Waals surface area contributed by atoms with Crippen LogP contribution in [0.3, 0.4) is 0 Å². The first-order valence-corrected chi connectivity index (χ1v) is 7.62. The highest BCUT2D eigenvalue weighted by Crippen LogP contribution is 2.25. The van der Waals surface area contributed by atoms with Gasteiger partial charge in [-0.25, -0.2) is 4.98 Å². The van der Waals surface area contributed by atoms with Gasteiger partial charge in [-0.05, 0) is 26.0 Å². The van der Waals surface area contributed by atoms with Gasteiger partial charge in [-0.3, -0.25) is 4.31 Å². The Balaban J connectivity index is 2.50. The summed E-state index contributed by atoms with van der Waals surface area (Å²) in [5, 5.41) is 9.50. The number of imidazole rings is 1. The number of phenolic OH excluding ortho intramolecular Hbond substituents is 1. The summed E-state index contributed by atoms with van der Waals surface area (Å²) in [5.74, 6) is 0.642. The molecular weight excluding hydrogens is 278 g/mol. The monoisotopic (exact) mass is 295 g/mol. The van der Waals surface area contributed by atoms with E-state index in [1.165, 1.54) is 22.6 Å². The van der Waals surface area contributed by atoms with Crippen molar-refractivity contribution in [2.75, 3.05) is 10.8 Å². The summed E-state index contributed by atoms with van der Waals surface area (Å²) < 4.78 is 28.1. The average Bonchev–Trinajstić information content (AvgIpc) is 2.71. The molecule has 0 aliphatic carbocycles. The molecule has 7 heteroatoms. The van der Waals surface area contributed by atoms with Crippen molar-refractivity contribution < 1.29 is 13.5 Å². The summed E-state index contributed by atoms with van der Waals surface area (Å²) in [4.78, 5) is 4.07. The molecular formula is C13H17N3O3S. The van der Waals surface area contributed by atoms with Crippen LogP contribution in [-0.4, -0.2) is 29.6 Å². The van der Waals surface area contributed by atoms with Crippen molar-refractivity contribution in [1.82, 2.24) is 9.55 Å². The van der Waals surface area contributed by atoms with Crippen molar-refractivity contribution in [2.45, 2.75) is 18.9 Å². The minimum absolute atomic E-state index is 0.00249. The lowest BCUT2D eigenvalue weighted by Crippen LogP contribution is -2.31. The third-order valence-corrected chi connectivity index (χ3v) is 4.82. The lowest BCUT2D eigenvalue weighted by Gasteiger charge is -2.21. The molecule has 0 spiro atoms. The Bertz CT molecular complexity index is 703. The summed E-state index contributed by atoms with van der Waals surface area (Å²) in [6.07, 6.45) is 1.48.